The average molecular weight is 330 g/mol. The van der Waals surface area contributed by atoms with Gasteiger partial charge in [-0.05, 0) is 6.92 Å². The number of amides is 1. The van der Waals surface area contributed by atoms with E-state index < -0.39 is 0 Å². The second-order valence-corrected chi connectivity index (χ2v) is 5.99. The smallest absolute Gasteiger partial charge is 0.244 e. The summed E-state index contributed by atoms with van der Waals surface area (Å²) in [6.45, 7) is 4.99. The molecule has 1 saturated heterocycles. The van der Waals surface area contributed by atoms with Gasteiger partial charge >= 0.3 is 0 Å². The van der Waals surface area contributed by atoms with Crippen LogP contribution in [0.4, 0.5) is 11.6 Å². The zero-order chi connectivity index (χ0) is 17.1. The summed E-state index contributed by atoms with van der Waals surface area (Å²) in [6, 6.07) is 1.99. The van der Waals surface area contributed by atoms with Crippen molar-refractivity contribution in [2.75, 3.05) is 50.1 Å². The largest absolute Gasteiger partial charge is 0.363 e. The van der Waals surface area contributed by atoms with E-state index in [-0.39, 0.29) is 12.5 Å². The number of carbonyl (C=O) groups is 1. The summed E-state index contributed by atoms with van der Waals surface area (Å²) in [4.78, 5) is 31.1. The first-order chi connectivity index (χ1) is 11.5. The van der Waals surface area contributed by atoms with E-state index >= 15 is 0 Å². The Morgan fingerprint density at radius 1 is 1.21 bits per heavy atom. The van der Waals surface area contributed by atoms with Crippen molar-refractivity contribution < 1.29 is 4.79 Å². The van der Waals surface area contributed by atoms with Gasteiger partial charge in [0, 0.05) is 46.3 Å². The SMILES string of the molecule is Cc1nc(N(C)C)cc(N2CCN(C(=O)Cn3cncn3)CC2)n1. The predicted molar refractivity (Wildman–Crippen MR) is 89.9 cm³/mol. The van der Waals surface area contributed by atoms with E-state index in [0.29, 0.717) is 13.1 Å². The van der Waals surface area contributed by atoms with Crippen molar-refractivity contribution in [1.82, 2.24) is 29.6 Å². The molecule has 1 amide bonds. The van der Waals surface area contributed by atoms with Crippen LogP contribution in [-0.4, -0.2) is 75.8 Å². The number of anilines is 2. The fourth-order valence-corrected chi connectivity index (χ4v) is 2.67. The van der Waals surface area contributed by atoms with Gasteiger partial charge in [0.15, 0.2) is 0 Å². The summed E-state index contributed by atoms with van der Waals surface area (Å²) >= 11 is 0. The van der Waals surface area contributed by atoms with Crippen molar-refractivity contribution in [2.24, 2.45) is 0 Å². The number of hydrogen-bond acceptors (Lipinski definition) is 7. The topological polar surface area (TPSA) is 83.3 Å². The lowest BCUT2D eigenvalue weighted by atomic mass is 10.3. The number of aromatic nitrogens is 5. The molecule has 1 fully saturated rings. The molecule has 0 N–H and O–H groups in total. The number of hydrogen-bond donors (Lipinski definition) is 0. The number of rotatable bonds is 4. The molecule has 128 valence electrons. The van der Waals surface area contributed by atoms with E-state index in [2.05, 4.69) is 25.0 Å². The van der Waals surface area contributed by atoms with Gasteiger partial charge in [-0.1, -0.05) is 0 Å². The lowest BCUT2D eigenvalue weighted by Crippen LogP contribution is -2.50. The predicted octanol–water partition coefficient (Wildman–Crippen LogP) is -0.209. The highest BCUT2D eigenvalue weighted by Gasteiger charge is 2.22. The van der Waals surface area contributed by atoms with Gasteiger partial charge in [-0.15, -0.1) is 0 Å². The van der Waals surface area contributed by atoms with Crippen LogP contribution in [0, 0.1) is 6.92 Å². The van der Waals surface area contributed by atoms with Crippen LogP contribution in [0.1, 0.15) is 5.82 Å². The molecule has 3 rings (SSSR count). The molecular weight excluding hydrogens is 308 g/mol. The van der Waals surface area contributed by atoms with Crippen molar-refractivity contribution in [3.8, 4) is 0 Å². The van der Waals surface area contributed by atoms with Crippen molar-refractivity contribution in [3.63, 3.8) is 0 Å². The van der Waals surface area contributed by atoms with Crippen LogP contribution >= 0.6 is 0 Å². The van der Waals surface area contributed by atoms with Crippen LogP contribution in [0.5, 0.6) is 0 Å². The molecule has 0 aromatic carbocycles. The van der Waals surface area contributed by atoms with Crippen LogP contribution in [0.3, 0.4) is 0 Å². The van der Waals surface area contributed by atoms with Crippen LogP contribution in [0.25, 0.3) is 0 Å². The molecule has 1 aliphatic heterocycles. The van der Waals surface area contributed by atoms with Crippen molar-refractivity contribution >= 4 is 17.5 Å². The number of nitrogens with zero attached hydrogens (tertiary/aromatic N) is 8. The van der Waals surface area contributed by atoms with Crippen LogP contribution in [0.15, 0.2) is 18.7 Å². The third-order valence-corrected chi connectivity index (χ3v) is 3.99. The Bertz CT molecular complexity index is 692. The Kier molecular flexibility index (Phi) is 4.59. The second-order valence-electron chi connectivity index (χ2n) is 5.99. The Morgan fingerprint density at radius 2 is 1.96 bits per heavy atom. The average Bonchev–Trinajstić information content (AvgIpc) is 3.07. The molecule has 9 nitrogen and oxygen atoms in total. The van der Waals surface area contributed by atoms with Crippen LogP contribution in [0.2, 0.25) is 0 Å². The first-order valence-electron chi connectivity index (χ1n) is 7.91. The molecule has 0 unspecified atom stereocenters. The van der Waals surface area contributed by atoms with E-state index in [4.69, 9.17) is 0 Å². The summed E-state index contributed by atoms with van der Waals surface area (Å²) < 4.78 is 1.55. The fourth-order valence-electron chi connectivity index (χ4n) is 2.67. The van der Waals surface area contributed by atoms with E-state index in [9.17, 15) is 4.79 Å². The minimum absolute atomic E-state index is 0.0630. The first-order valence-corrected chi connectivity index (χ1v) is 7.91. The van der Waals surface area contributed by atoms with Crippen LogP contribution < -0.4 is 9.80 Å². The molecular formula is C15H22N8O. The number of aryl methyl sites for hydroxylation is 1. The quantitative estimate of drug-likeness (QED) is 0.767. The summed E-state index contributed by atoms with van der Waals surface area (Å²) in [5.74, 6) is 2.62. The monoisotopic (exact) mass is 330 g/mol. The Labute approximate surface area is 140 Å². The molecule has 24 heavy (non-hydrogen) atoms. The van der Waals surface area contributed by atoms with Crippen molar-refractivity contribution in [2.45, 2.75) is 13.5 Å². The molecule has 3 heterocycles. The Hall–Kier alpha value is -2.71. The van der Waals surface area contributed by atoms with Gasteiger partial charge < -0.3 is 14.7 Å². The molecule has 0 saturated carbocycles. The highest BCUT2D eigenvalue weighted by Crippen LogP contribution is 2.19. The standard InChI is InChI=1S/C15H22N8O/c1-12-18-13(20(2)3)8-14(19-12)21-4-6-22(7-5-21)15(24)9-23-11-16-10-17-23/h8,10-11H,4-7,9H2,1-3H3. The highest BCUT2D eigenvalue weighted by molar-refractivity contribution is 5.76. The Morgan fingerprint density at radius 3 is 2.58 bits per heavy atom. The minimum atomic E-state index is 0.0630. The third kappa shape index (κ3) is 3.61. The van der Waals surface area contributed by atoms with Gasteiger partial charge in [0.1, 0.15) is 36.7 Å². The lowest BCUT2D eigenvalue weighted by Gasteiger charge is -2.35. The summed E-state index contributed by atoms with van der Waals surface area (Å²) in [5.41, 5.74) is 0. The first kappa shape index (κ1) is 16.2. The molecule has 0 atom stereocenters. The van der Waals surface area contributed by atoms with Gasteiger partial charge in [-0.2, -0.15) is 5.10 Å². The van der Waals surface area contributed by atoms with Gasteiger partial charge in [0.05, 0.1) is 0 Å². The molecule has 0 bridgehead atoms. The summed E-state index contributed by atoms with van der Waals surface area (Å²) in [5, 5.41) is 3.98. The molecule has 1 aliphatic rings. The van der Waals surface area contributed by atoms with Gasteiger partial charge in [0.25, 0.3) is 0 Å². The van der Waals surface area contributed by atoms with E-state index in [1.165, 1.54) is 6.33 Å². The summed E-state index contributed by atoms with van der Waals surface area (Å²) in [7, 11) is 3.93. The zero-order valence-electron chi connectivity index (χ0n) is 14.3. The number of piperazine rings is 1. The maximum atomic E-state index is 12.3. The van der Waals surface area contributed by atoms with Crippen molar-refractivity contribution in [1.29, 1.82) is 0 Å². The number of carbonyl (C=O) groups excluding carboxylic acids is 1. The zero-order valence-corrected chi connectivity index (χ0v) is 14.3. The second kappa shape index (κ2) is 6.81. The molecule has 2 aromatic heterocycles. The van der Waals surface area contributed by atoms with E-state index in [0.717, 1.165) is 30.5 Å². The maximum absolute atomic E-state index is 12.3. The van der Waals surface area contributed by atoms with Gasteiger partial charge in [-0.3, -0.25) is 4.79 Å². The molecule has 2 aromatic rings. The third-order valence-electron chi connectivity index (χ3n) is 3.99. The van der Waals surface area contributed by atoms with E-state index in [1.807, 2.05) is 36.9 Å². The van der Waals surface area contributed by atoms with E-state index in [1.54, 1.807) is 11.0 Å². The fraction of sp³-hybridized carbons (Fsp3) is 0.533. The molecule has 9 heteroatoms. The molecule has 0 aliphatic carbocycles. The minimum Gasteiger partial charge on any atom is -0.363 e. The normalized spacial score (nSPS) is 14.8. The van der Waals surface area contributed by atoms with Crippen molar-refractivity contribution in [3.05, 3.63) is 24.5 Å². The Balaban J connectivity index is 1.61. The lowest BCUT2D eigenvalue weighted by molar-refractivity contribution is -0.132. The van der Waals surface area contributed by atoms with Gasteiger partial charge in [-0.25, -0.2) is 19.6 Å². The van der Waals surface area contributed by atoms with Gasteiger partial charge in [0.2, 0.25) is 5.91 Å². The molecule has 0 radical (unpaired) electrons. The maximum Gasteiger partial charge on any atom is 0.244 e. The summed E-state index contributed by atoms with van der Waals surface area (Å²) in [6.07, 6.45) is 2.99. The van der Waals surface area contributed by atoms with Crippen LogP contribution in [-0.2, 0) is 11.3 Å². The molecule has 0 spiro atoms. The highest BCUT2D eigenvalue weighted by atomic mass is 16.2.